The number of hydrogen-bond acceptors (Lipinski definition) is 8. The molecule has 8 nitrogen and oxygen atoms in total. The summed E-state index contributed by atoms with van der Waals surface area (Å²) in [6.07, 6.45) is 8.40. The number of rotatable bonds is 8. The Kier molecular flexibility index (Phi) is 8.20. The van der Waals surface area contributed by atoms with Gasteiger partial charge in [-0.05, 0) is 61.1 Å². The molecule has 2 aromatic rings. The minimum atomic E-state index is -0.599. The van der Waals surface area contributed by atoms with Gasteiger partial charge in [-0.3, -0.25) is 0 Å². The monoisotopic (exact) mass is 580 g/mol. The molecule has 3 saturated carbocycles. The first-order chi connectivity index (χ1) is 20.6. The molecule has 228 valence electrons. The van der Waals surface area contributed by atoms with E-state index in [0.717, 1.165) is 74.0 Å². The number of fused-ring (bicyclic) bond motifs is 2. The lowest BCUT2D eigenvalue weighted by molar-refractivity contribution is -0.229. The largest absolute Gasteiger partial charge is 0.497 e. The second-order valence-corrected chi connectivity index (χ2v) is 12.5. The Labute approximate surface area is 248 Å². The fourth-order valence-electron chi connectivity index (χ4n) is 7.57. The van der Waals surface area contributed by atoms with E-state index in [1.807, 2.05) is 48.5 Å². The fourth-order valence-corrected chi connectivity index (χ4v) is 7.57. The van der Waals surface area contributed by atoms with Crippen LogP contribution < -0.4 is 9.47 Å². The van der Waals surface area contributed by atoms with E-state index in [-0.39, 0.29) is 36.6 Å². The highest BCUT2D eigenvalue weighted by Crippen LogP contribution is 2.52. The van der Waals surface area contributed by atoms with Crippen molar-refractivity contribution in [1.82, 2.24) is 0 Å². The standard InChI is InChI=1S/C34H44O8/c1-35-25-13-9-23(10-14-25)21-37-27-29-31(41-33(39-29)17-5-3-6-18-33)28(38-22-24-11-15-26(36-2)16-12-24)32-30(27)40-34(42-32)19-7-4-8-20-34/h9-16,27-32H,3-8,17-22H2,1-2H3/t27?,28?,29-,30-,31-,32+/m1/s1. The highest BCUT2D eigenvalue weighted by molar-refractivity contribution is 5.27. The molecule has 0 radical (unpaired) electrons. The summed E-state index contributed by atoms with van der Waals surface area (Å²) in [5.41, 5.74) is 2.14. The Hall–Kier alpha value is -2.20. The van der Waals surface area contributed by atoms with Gasteiger partial charge in [-0.25, -0.2) is 0 Å². The summed E-state index contributed by atoms with van der Waals surface area (Å²) >= 11 is 0. The van der Waals surface area contributed by atoms with Crippen LogP contribution in [0.1, 0.15) is 75.3 Å². The average molecular weight is 581 g/mol. The zero-order valence-corrected chi connectivity index (χ0v) is 24.8. The van der Waals surface area contributed by atoms with E-state index >= 15 is 0 Å². The lowest BCUT2D eigenvalue weighted by Crippen LogP contribution is -2.62. The molecule has 5 fully saturated rings. The highest BCUT2D eigenvalue weighted by Gasteiger charge is 2.66. The van der Waals surface area contributed by atoms with E-state index in [9.17, 15) is 0 Å². The SMILES string of the molecule is COc1ccc(COC2[C@H]3OC4(CCCCC4)O[C@@H]3C(OCc3ccc(OC)cc3)[C@@H]3OC4(CCCCC4)O[C@H]23)cc1. The molecule has 2 saturated heterocycles. The minimum Gasteiger partial charge on any atom is -0.497 e. The van der Waals surface area contributed by atoms with Crippen LogP contribution in [0, 0.1) is 0 Å². The van der Waals surface area contributed by atoms with Gasteiger partial charge in [-0.2, -0.15) is 0 Å². The van der Waals surface area contributed by atoms with Crippen molar-refractivity contribution in [1.29, 1.82) is 0 Å². The van der Waals surface area contributed by atoms with Gasteiger partial charge >= 0.3 is 0 Å². The molecule has 7 rings (SSSR count). The second kappa shape index (κ2) is 12.1. The zero-order chi connectivity index (χ0) is 28.6. The van der Waals surface area contributed by atoms with Crippen molar-refractivity contribution in [2.45, 2.75) is 126 Å². The minimum absolute atomic E-state index is 0.314. The Balaban J connectivity index is 1.18. The van der Waals surface area contributed by atoms with Gasteiger partial charge in [0, 0.05) is 25.7 Å². The van der Waals surface area contributed by atoms with Crippen LogP contribution >= 0.6 is 0 Å². The van der Waals surface area contributed by atoms with Crippen molar-refractivity contribution in [2.24, 2.45) is 0 Å². The molecular weight excluding hydrogens is 536 g/mol. The molecule has 2 aliphatic heterocycles. The number of hydrogen-bond donors (Lipinski definition) is 0. The molecule has 2 spiro atoms. The van der Waals surface area contributed by atoms with Gasteiger partial charge in [0.2, 0.25) is 0 Å². The van der Waals surface area contributed by atoms with Crippen molar-refractivity contribution in [3.05, 3.63) is 59.7 Å². The Morgan fingerprint density at radius 2 is 0.857 bits per heavy atom. The third-order valence-corrected chi connectivity index (χ3v) is 9.78. The van der Waals surface area contributed by atoms with E-state index in [1.54, 1.807) is 14.2 Å². The second-order valence-electron chi connectivity index (χ2n) is 12.5. The molecular formula is C34H44O8. The third kappa shape index (κ3) is 5.58. The predicted molar refractivity (Wildman–Crippen MR) is 154 cm³/mol. The Bertz CT molecular complexity index is 1050. The molecule has 6 atom stereocenters. The normalized spacial score (nSPS) is 32.9. The van der Waals surface area contributed by atoms with E-state index in [2.05, 4.69) is 0 Å². The van der Waals surface area contributed by atoms with Gasteiger partial charge in [0.15, 0.2) is 11.6 Å². The fraction of sp³-hybridized carbons (Fsp3) is 0.647. The summed E-state index contributed by atoms with van der Waals surface area (Å²) in [6, 6.07) is 16.0. The van der Waals surface area contributed by atoms with Gasteiger partial charge in [0.25, 0.3) is 0 Å². The van der Waals surface area contributed by atoms with Crippen molar-refractivity contribution < 1.29 is 37.9 Å². The summed E-state index contributed by atoms with van der Waals surface area (Å²) in [7, 11) is 3.36. The lowest BCUT2D eigenvalue weighted by atomic mass is 9.84. The van der Waals surface area contributed by atoms with Crippen LogP contribution in [0.5, 0.6) is 11.5 Å². The number of ether oxygens (including phenoxy) is 8. The zero-order valence-electron chi connectivity index (χ0n) is 24.8. The molecule has 8 heteroatoms. The molecule has 2 aromatic carbocycles. The van der Waals surface area contributed by atoms with Gasteiger partial charge in [0.05, 0.1) is 27.4 Å². The van der Waals surface area contributed by atoms with Crippen LogP contribution in [-0.4, -0.2) is 62.4 Å². The summed E-state index contributed by atoms with van der Waals surface area (Å²) in [6.45, 7) is 0.871. The van der Waals surface area contributed by atoms with Gasteiger partial charge < -0.3 is 37.9 Å². The van der Waals surface area contributed by atoms with Crippen LogP contribution in [0.25, 0.3) is 0 Å². The first kappa shape index (κ1) is 28.6. The summed E-state index contributed by atoms with van der Waals surface area (Å²) in [5.74, 6) is 0.454. The van der Waals surface area contributed by atoms with E-state index in [4.69, 9.17) is 37.9 Å². The van der Waals surface area contributed by atoms with Crippen molar-refractivity contribution in [2.75, 3.05) is 14.2 Å². The molecule has 5 aliphatic rings. The average Bonchev–Trinajstić information content (AvgIpc) is 3.58. The topological polar surface area (TPSA) is 73.8 Å². The number of benzene rings is 2. The quantitative estimate of drug-likeness (QED) is 0.372. The molecule has 0 bridgehead atoms. The highest BCUT2D eigenvalue weighted by atomic mass is 16.8. The van der Waals surface area contributed by atoms with E-state index in [0.29, 0.717) is 13.2 Å². The number of methoxy groups -OCH3 is 2. The Morgan fingerprint density at radius 1 is 0.524 bits per heavy atom. The summed E-state index contributed by atoms with van der Waals surface area (Å²) in [4.78, 5) is 0. The molecule has 3 aliphatic carbocycles. The molecule has 42 heavy (non-hydrogen) atoms. The van der Waals surface area contributed by atoms with Crippen LogP contribution in [0.3, 0.4) is 0 Å². The summed E-state index contributed by atoms with van der Waals surface area (Å²) in [5, 5.41) is 0. The van der Waals surface area contributed by atoms with Crippen molar-refractivity contribution >= 4 is 0 Å². The van der Waals surface area contributed by atoms with Crippen LogP contribution in [0.4, 0.5) is 0 Å². The first-order valence-electron chi connectivity index (χ1n) is 15.8. The molecule has 0 N–H and O–H groups in total. The van der Waals surface area contributed by atoms with E-state index in [1.165, 1.54) is 12.8 Å². The molecule has 2 heterocycles. The molecule has 0 aromatic heterocycles. The van der Waals surface area contributed by atoms with Crippen LogP contribution in [0.15, 0.2) is 48.5 Å². The van der Waals surface area contributed by atoms with Crippen molar-refractivity contribution in [3.8, 4) is 11.5 Å². The summed E-state index contributed by atoms with van der Waals surface area (Å²) < 4.78 is 51.9. The predicted octanol–water partition coefficient (Wildman–Crippen LogP) is 6.08. The maximum atomic E-state index is 6.93. The van der Waals surface area contributed by atoms with Crippen LogP contribution in [-0.2, 0) is 41.6 Å². The lowest BCUT2D eigenvalue weighted by Gasteiger charge is -2.42. The first-order valence-corrected chi connectivity index (χ1v) is 15.8. The maximum absolute atomic E-state index is 6.93. The van der Waals surface area contributed by atoms with Gasteiger partial charge in [-0.1, -0.05) is 37.1 Å². The van der Waals surface area contributed by atoms with Gasteiger partial charge in [-0.15, -0.1) is 0 Å². The smallest absolute Gasteiger partial charge is 0.169 e. The van der Waals surface area contributed by atoms with Crippen LogP contribution in [0.2, 0.25) is 0 Å². The molecule has 0 amide bonds. The third-order valence-electron chi connectivity index (χ3n) is 9.78. The molecule has 2 unspecified atom stereocenters. The van der Waals surface area contributed by atoms with Gasteiger partial charge in [0.1, 0.15) is 48.1 Å². The van der Waals surface area contributed by atoms with Crippen molar-refractivity contribution in [3.63, 3.8) is 0 Å². The van der Waals surface area contributed by atoms with E-state index < -0.39 is 11.6 Å². The Morgan fingerprint density at radius 3 is 1.17 bits per heavy atom. The maximum Gasteiger partial charge on any atom is 0.169 e.